The van der Waals surface area contributed by atoms with Crippen molar-refractivity contribution in [2.24, 2.45) is 7.05 Å². The van der Waals surface area contributed by atoms with E-state index in [4.69, 9.17) is 0 Å². The summed E-state index contributed by atoms with van der Waals surface area (Å²) in [6.07, 6.45) is 6.32. The van der Waals surface area contributed by atoms with Gasteiger partial charge in [0.2, 0.25) is 0 Å². The van der Waals surface area contributed by atoms with E-state index in [1.807, 2.05) is 12.1 Å². The first-order valence-electron chi connectivity index (χ1n) is 8.83. The van der Waals surface area contributed by atoms with Gasteiger partial charge in [-0.25, -0.2) is 17.8 Å². The number of aryl methyl sites for hydroxylation is 1. The lowest BCUT2D eigenvalue weighted by molar-refractivity contribution is 0.468. The van der Waals surface area contributed by atoms with Crippen LogP contribution in [0.2, 0.25) is 0 Å². The van der Waals surface area contributed by atoms with Crippen molar-refractivity contribution in [1.82, 2.24) is 18.8 Å². The fourth-order valence-corrected chi connectivity index (χ4v) is 4.93. The Labute approximate surface area is 162 Å². The number of nitrogens with zero attached hydrogens (tertiary/aromatic N) is 4. The van der Waals surface area contributed by atoms with Gasteiger partial charge in [-0.05, 0) is 29.8 Å². The molecule has 9 heteroatoms. The van der Waals surface area contributed by atoms with E-state index in [1.165, 1.54) is 29.0 Å². The standard InChI is InChI=1S/C19H20FN5O2S/c1-24-12-19(22-13-24)28(26,27)25-10-17(14-4-6-15(20)7-5-14)18(11-25)23-16-3-2-8-21-9-16/h2-9,12-13,17-18,23H,10-11H2,1H3. The molecule has 3 aromatic rings. The van der Waals surface area contributed by atoms with Crippen LogP contribution >= 0.6 is 0 Å². The van der Waals surface area contributed by atoms with Crippen molar-refractivity contribution >= 4 is 15.7 Å². The number of anilines is 1. The largest absolute Gasteiger partial charge is 0.379 e. The van der Waals surface area contributed by atoms with Gasteiger partial charge < -0.3 is 9.88 Å². The number of hydrogen-bond donors (Lipinski definition) is 1. The van der Waals surface area contributed by atoms with Gasteiger partial charge in [-0.2, -0.15) is 4.31 Å². The third kappa shape index (κ3) is 3.63. The van der Waals surface area contributed by atoms with Gasteiger partial charge in [-0.1, -0.05) is 12.1 Å². The monoisotopic (exact) mass is 401 g/mol. The first-order valence-corrected chi connectivity index (χ1v) is 10.3. The lowest BCUT2D eigenvalue weighted by atomic mass is 9.94. The number of hydrogen-bond acceptors (Lipinski definition) is 5. The summed E-state index contributed by atoms with van der Waals surface area (Å²) in [5.74, 6) is -0.462. The predicted molar refractivity (Wildman–Crippen MR) is 103 cm³/mol. The van der Waals surface area contributed by atoms with Crippen molar-refractivity contribution in [2.45, 2.75) is 17.0 Å². The highest BCUT2D eigenvalue weighted by Crippen LogP contribution is 2.33. The SMILES string of the molecule is Cn1cnc(S(=O)(=O)N2CC(Nc3cccnc3)C(c3ccc(F)cc3)C2)c1. The first-order chi connectivity index (χ1) is 13.4. The number of pyridine rings is 1. The maximum atomic E-state index is 13.4. The third-order valence-electron chi connectivity index (χ3n) is 4.88. The summed E-state index contributed by atoms with van der Waals surface area (Å²) in [5, 5.41) is 3.40. The van der Waals surface area contributed by atoms with Crippen molar-refractivity contribution in [3.63, 3.8) is 0 Å². The van der Waals surface area contributed by atoms with Gasteiger partial charge in [0.15, 0.2) is 5.03 Å². The van der Waals surface area contributed by atoms with E-state index in [-0.39, 0.29) is 35.9 Å². The molecular formula is C19H20FN5O2S. The molecule has 4 rings (SSSR count). The highest BCUT2D eigenvalue weighted by atomic mass is 32.2. The van der Waals surface area contributed by atoms with E-state index < -0.39 is 10.0 Å². The van der Waals surface area contributed by atoms with E-state index in [0.717, 1.165) is 11.3 Å². The van der Waals surface area contributed by atoms with Crippen molar-refractivity contribution in [2.75, 3.05) is 18.4 Å². The van der Waals surface area contributed by atoms with Crippen LogP contribution in [0.4, 0.5) is 10.1 Å². The van der Waals surface area contributed by atoms with Crippen LogP contribution in [0.5, 0.6) is 0 Å². The Balaban J connectivity index is 1.65. The number of halogens is 1. The Bertz CT molecular complexity index is 1050. The van der Waals surface area contributed by atoms with E-state index in [0.29, 0.717) is 0 Å². The molecule has 3 heterocycles. The lowest BCUT2D eigenvalue weighted by Crippen LogP contribution is -2.32. The second-order valence-corrected chi connectivity index (χ2v) is 8.73. The summed E-state index contributed by atoms with van der Waals surface area (Å²) in [5.41, 5.74) is 1.68. The predicted octanol–water partition coefficient (Wildman–Crippen LogP) is 2.22. The van der Waals surface area contributed by atoms with E-state index >= 15 is 0 Å². The molecule has 2 unspecified atom stereocenters. The van der Waals surface area contributed by atoms with Gasteiger partial charge in [-0.15, -0.1) is 0 Å². The normalized spacial score (nSPS) is 20.4. The Kier molecular flexibility index (Phi) is 4.86. The van der Waals surface area contributed by atoms with Crippen LogP contribution in [-0.4, -0.2) is 46.4 Å². The van der Waals surface area contributed by atoms with E-state index in [9.17, 15) is 12.8 Å². The molecule has 0 saturated carbocycles. The maximum Gasteiger partial charge on any atom is 0.262 e. The molecule has 0 amide bonds. The van der Waals surface area contributed by atoms with Crippen LogP contribution in [0.15, 0.2) is 66.3 Å². The van der Waals surface area contributed by atoms with Crippen molar-refractivity contribution in [3.05, 3.63) is 72.7 Å². The molecule has 146 valence electrons. The topological polar surface area (TPSA) is 80.1 Å². The molecule has 1 aliphatic heterocycles. The Hall–Kier alpha value is -2.78. The fourth-order valence-electron chi connectivity index (χ4n) is 3.47. The number of aromatic nitrogens is 3. The average Bonchev–Trinajstić information content (AvgIpc) is 3.31. The number of rotatable bonds is 5. The smallest absolute Gasteiger partial charge is 0.262 e. The molecule has 7 nitrogen and oxygen atoms in total. The van der Waals surface area contributed by atoms with Crippen molar-refractivity contribution < 1.29 is 12.8 Å². The Morgan fingerprint density at radius 1 is 1.18 bits per heavy atom. The van der Waals surface area contributed by atoms with Gasteiger partial charge >= 0.3 is 0 Å². The molecule has 0 aliphatic carbocycles. The minimum absolute atomic E-state index is 0.0230. The molecule has 0 spiro atoms. The van der Waals surface area contributed by atoms with Crippen LogP contribution in [-0.2, 0) is 17.1 Å². The van der Waals surface area contributed by atoms with Gasteiger partial charge in [0.05, 0.1) is 12.0 Å². The van der Waals surface area contributed by atoms with E-state index in [1.54, 1.807) is 36.1 Å². The molecule has 2 aromatic heterocycles. The second kappa shape index (κ2) is 7.33. The van der Waals surface area contributed by atoms with Crippen molar-refractivity contribution in [3.8, 4) is 0 Å². The van der Waals surface area contributed by atoms with Gasteiger partial charge in [-0.3, -0.25) is 4.98 Å². The fraction of sp³-hybridized carbons (Fsp3) is 0.263. The number of benzene rings is 1. The number of nitrogens with one attached hydrogen (secondary N) is 1. The summed E-state index contributed by atoms with van der Waals surface area (Å²) in [6, 6.07) is 9.70. The maximum absolute atomic E-state index is 13.4. The van der Waals surface area contributed by atoms with Crippen LogP contribution in [0.3, 0.4) is 0 Å². The Morgan fingerprint density at radius 3 is 2.61 bits per heavy atom. The molecule has 1 aliphatic rings. The summed E-state index contributed by atoms with van der Waals surface area (Å²) in [4.78, 5) is 8.10. The molecule has 0 bridgehead atoms. The minimum atomic E-state index is -3.72. The summed E-state index contributed by atoms with van der Waals surface area (Å²) in [7, 11) is -1.99. The van der Waals surface area contributed by atoms with Gasteiger partial charge in [0.25, 0.3) is 10.0 Å². The van der Waals surface area contributed by atoms with Gasteiger partial charge in [0, 0.05) is 50.7 Å². The quantitative estimate of drug-likeness (QED) is 0.709. The first kappa shape index (κ1) is 18.6. The van der Waals surface area contributed by atoms with Crippen LogP contribution in [0.1, 0.15) is 11.5 Å². The van der Waals surface area contributed by atoms with Gasteiger partial charge in [0.1, 0.15) is 5.82 Å². The molecule has 28 heavy (non-hydrogen) atoms. The minimum Gasteiger partial charge on any atom is -0.379 e. The van der Waals surface area contributed by atoms with E-state index in [2.05, 4.69) is 15.3 Å². The zero-order valence-electron chi connectivity index (χ0n) is 15.2. The molecule has 0 radical (unpaired) electrons. The molecule has 1 N–H and O–H groups in total. The molecule has 1 fully saturated rings. The lowest BCUT2D eigenvalue weighted by Gasteiger charge is -2.21. The molecule has 1 saturated heterocycles. The molecular weight excluding hydrogens is 381 g/mol. The molecule has 1 aromatic carbocycles. The second-order valence-electron chi connectivity index (χ2n) is 6.85. The highest BCUT2D eigenvalue weighted by molar-refractivity contribution is 7.89. The van der Waals surface area contributed by atoms with Crippen molar-refractivity contribution in [1.29, 1.82) is 0 Å². The third-order valence-corrected chi connectivity index (χ3v) is 6.60. The summed E-state index contributed by atoms with van der Waals surface area (Å²) >= 11 is 0. The highest BCUT2D eigenvalue weighted by Gasteiger charge is 2.41. The Morgan fingerprint density at radius 2 is 1.96 bits per heavy atom. The summed E-state index contributed by atoms with van der Waals surface area (Å²) in [6.45, 7) is 0.554. The van der Waals surface area contributed by atoms with Crippen LogP contribution in [0.25, 0.3) is 0 Å². The van der Waals surface area contributed by atoms with Crippen LogP contribution in [0, 0.1) is 5.82 Å². The zero-order chi connectivity index (χ0) is 19.7. The molecule has 2 atom stereocenters. The zero-order valence-corrected chi connectivity index (χ0v) is 16.1. The number of imidazole rings is 1. The summed E-state index contributed by atoms with van der Waals surface area (Å²) < 4.78 is 42.5. The number of sulfonamides is 1. The van der Waals surface area contributed by atoms with Crippen LogP contribution < -0.4 is 5.32 Å². The average molecular weight is 401 g/mol.